The Hall–Kier alpha value is -2.76. The number of nitrogens with zero attached hydrogens (tertiary/aromatic N) is 1. The molecule has 2 aromatic rings. The molecular weight excluding hydrogens is 618 g/mol. The number of benzene rings is 2. The van der Waals surface area contributed by atoms with Crippen LogP contribution in [0.2, 0.25) is 5.02 Å². The molecule has 0 aromatic heterocycles. The molecular formula is C34H38ClNO10. The summed E-state index contributed by atoms with van der Waals surface area (Å²) in [6, 6.07) is 12.5. The van der Waals surface area contributed by atoms with Gasteiger partial charge in [0.2, 0.25) is 6.29 Å². The molecule has 6 aliphatic rings. The summed E-state index contributed by atoms with van der Waals surface area (Å²) in [5.74, 6) is 1.56. The van der Waals surface area contributed by atoms with Crippen molar-refractivity contribution < 1.29 is 49.1 Å². The van der Waals surface area contributed by atoms with Crippen LogP contribution in [0.5, 0.6) is 11.5 Å². The Balaban J connectivity index is 1.12. The van der Waals surface area contributed by atoms with E-state index in [1.54, 1.807) is 37.5 Å². The maximum atomic E-state index is 10.3. The van der Waals surface area contributed by atoms with Crippen molar-refractivity contribution in [3.63, 3.8) is 0 Å². The van der Waals surface area contributed by atoms with E-state index in [4.69, 9.17) is 40.3 Å². The molecule has 4 aliphatic carbocycles. The van der Waals surface area contributed by atoms with Crippen LogP contribution in [0.3, 0.4) is 0 Å². The number of aliphatic hydroxyl groups is 4. The zero-order valence-electron chi connectivity index (χ0n) is 25.3. The third-order valence-corrected chi connectivity index (χ3v) is 11.1. The first-order chi connectivity index (χ1) is 22.2. The third-order valence-electron chi connectivity index (χ3n) is 10.7. The Bertz CT molecular complexity index is 1480. The molecule has 4 bridgehead atoms. The highest BCUT2D eigenvalue weighted by molar-refractivity contribution is 6.33. The fraction of sp³-hybridized carbons (Fsp3) is 0.559. The van der Waals surface area contributed by atoms with Crippen LogP contribution >= 0.6 is 11.6 Å². The van der Waals surface area contributed by atoms with Crippen LogP contribution in [0.15, 0.2) is 42.5 Å². The van der Waals surface area contributed by atoms with E-state index in [1.807, 2.05) is 18.2 Å². The highest BCUT2D eigenvalue weighted by atomic mass is 35.5. The molecule has 0 amide bonds. The van der Waals surface area contributed by atoms with Crippen LogP contribution in [0, 0.1) is 35.0 Å². The first kappa shape index (κ1) is 31.8. The van der Waals surface area contributed by atoms with Gasteiger partial charge >= 0.3 is 0 Å². The van der Waals surface area contributed by atoms with Gasteiger partial charge in [0.25, 0.3) is 5.79 Å². The number of methoxy groups -OCH3 is 1. The van der Waals surface area contributed by atoms with Crippen molar-refractivity contribution in [1.82, 2.24) is 0 Å². The van der Waals surface area contributed by atoms with Gasteiger partial charge < -0.3 is 39.4 Å². The molecule has 6 atom stereocenters. The summed E-state index contributed by atoms with van der Waals surface area (Å²) in [5, 5.41) is 49.3. The fourth-order valence-corrected chi connectivity index (χ4v) is 9.03. The molecule has 8 rings (SSSR count). The summed E-state index contributed by atoms with van der Waals surface area (Å²) in [6.45, 7) is -0.432. The quantitative estimate of drug-likeness (QED) is 0.231. The highest BCUT2D eigenvalue weighted by Crippen LogP contribution is 2.70. The van der Waals surface area contributed by atoms with Crippen molar-refractivity contribution in [1.29, 1.82) is 5.26 Å². The van der Waals surface area contributed by atoms with Crippen LogP contribution in [0.25, 0.3) is 6.08 Å². The zero-order valence-corrected chi connectivity index (χ0v) is 26.1. The minimum atomic E-state index is -1.54. The van der Waals surface area contributed by atoms with Gasteiger partial charge in [-0.2, -0.15) is 10.1 Å². The number of hydrogen-bond donors (Lipinski definition) is 4. The lowest BCUT2D eigenvalue weighted by molar-refractivity contribution is -0.645. The van der Waals surface area contributed by atoms with Crippen LogP contribution in [0.1, 0.15) is 48.8 Å². The number of halogens is 1. The van der Waals surface area contributed by atoms with E-state index < -0.39 is 48.7 Å². The summed E-state index contributed by atoms with van der Waals surface area (Å²) in [7, 11) is 1.63. The van der Waals surface area contributed by atoms with E-state index in [0.717, 1.165) is 31.2 Å². The van der Waals surface area contributed by atoms with E-state index in [2.05, 4.69) is 0 Å². The predicted molar refractivity (Wildman–Crippen MR) is 162 cm³/mol. The normalized spacial score (nSPS) is 39.4. The van der Waals surface area contributed by atoms with Gasteiger partial charge in [-0.3, -0.25) is 0 Å². The third kappa shape index (κ3) is 4.94. The van der Waals surface area contributed by atoms with E-state index in [9.17, 15) is 25.7 Å². The van der Waals surface area contributed by atoms with Crippen molar-refractivity contribution in [3.05, 3.63) is 64.2 Å². The standard InChI is InChI=1S/C34H38ClNO10/c1-41-34(33(45-46-34)22-12-19-11-20(14-22)15-23(33)13-19)25-9-6-21(3-2-10-36)31(27(25)35)42-17-18-4-7-24(8-5-18)43-32-30(40)29(39)28(38)26(16-37)44-32/h2-9,19-20,22-23,26,28-30,32,37-40H,11-17H2,1H3/b3-2+/t19?,20?,22?,23?,26?,28-,29?,30?,32+,33?,34?/m0/s1. The molecule has 0 radical (unpaired) electrons. The Kier molecular flexibility index (Phi) is 8.55. The van der Waals surface area contributed by atoms with Gasteiger partial charge in [-0.05, 0) is 79.5 Å². The Morgan fingerprint density at radius 1 is 0.957 bits per heavy atom. The average Bonchev–Trinajstić information content (AvgIpc) is 3.04. The molecule has 2 saturated heterocycles. The van der Waals surface area contributed by atoms with Gasteiger partial charge in [0.1, 0.15) is 42.5 Å². The van der Waals surface area contributed by atoms with Gasteiger partial charge in [0.15, 0.2) is 5.60 Å². The Labute approximate surface area is 271 Å². The van der Waals surface area contributed by atoms with Gasteiger partial charge in [-0.15, -0.1) is 0 Å². The minimum absolute atomic E-state index is 0.119. The van der Waals surface area contributed by atoms with Gasteiger partial charge in [-0.1, -0.05) is 35.9 Å². The molecule has 4 saturated carbocycles. The van der Waals surface area contributed by atoms with Crippen molar-refractivity contribution in [3.8, 4) is 17.6 Å². The Morgan fingerprint density at radius 3 is 2.24 bits per heavy atom. The predicted octanol–water partition coefficient (Wildman–Crippen LogP) is 3.59. The highest BCUT2D eigenvalue weighted by Gasteiger charge is 2.77. The molecule has 4 N–H and O–H groups in total. The number of allylic oxidation sites excluding steroid dienone is 1. The molecule has 12 heteroatoms. The number of nitriles is 1. The SMILES string of the molecule is COC1(c2ccc(/C=C/C#N)c(OCc3ccc(O[C@@H]4OC(CO)[C@H](O)C(O)C4O)cc3)c2Cl)OOC12C1CC3CC(C1)CC2C3. The number of rotatable bonds is 9. The van der Waals surface area contributed by atoms with Gasteiger partial charge in [-0.25, -0.2) is 4.89 Å². The first-order valence-corrected chi connectivity index (χ1v) is 16.1. The second-order valence-corrected chi connectivity index (χ2v) is 13.5. The van der Waals surface area contributed by atoms with Gasteiger partial charge in [0, 0.05) is 24.3 Å². The molecule has 11 nitrogen and oxygen atoms in total. The van der Waals surface area contributed by atoms with Crippen LogP contribution in [0.4, 0.5) is 0 Å². The van der Waals surface area contributed by atoms with E-state index in [1.165, 1.54) is 12.5 Å². The van der Waals surface area contributed by atoms with E-state index >= 15 is 0 Å². The maximum Gasteiger partial charge on any atom is 0.262 e. The fourth-order valence-electron chi connectivity index (χ4n) is 8.68. The molecule has 4 unspecified atom stereocenters. The Morgan fingerprint density at radius 2 is 1.65 bits per heavy atom. The summed E-state index contributed by atoms with van der Waals surface area (Å²) in [5.41, 5.74) is 1.38. The lowest BCUT2D eigenvalue weighted by Gasteiger charge is -2.68. The molecule has 2 aliphatic heterocycles. The zero-order chi connectivity index (χ0) is 32.2. The van der Waals surface area contributed by atoms with Crippen LogP contribution < -0.4 is 9.47 Å². The molecule has 46 heavy (non-hydrogen) atoms. The van der Waals surface area contributed by atoms with Crippen molar-refractivity contribution in [2.75, 3.05) is 13.7 Å². The molecule has 246 valence electrons. The number of aliphatic hydroxyl groups excluding tert-OH is 4. The van der Waals surface area contributed by atoms with Crippen molar-refractivity contribution >= 4 is 17.7 Å². The summed E-state index contributed by atoms with van der Waals surface area (Å²) < 4.78 is 23.7. The molecule has 6 fully saturated rings. The van der Waals surface area contributed by atoms with Crippen LogP contribution in [-0.2, 0) is 31.6 Å². The number of ether oxygens (including phenoxy) is 4. The summed E-state index contributed by atoms with van der Waals surface area (Å²) >= 11 is 7.15. The number of hydrogen-bond acceptors (Lipinski definition) is 11. The van der Waals surface area contributed by atoms with Crippen LogP contribution in [-0.4, -0.2) is 70.4 Å². The van der Waals surface area contributed by atoms with Crippen molar-refractivity contribution in [2.24, 2.45) is 23.7 Å². The average molecular weight is 656 g/mol. The largest absolute Gasteiger partial charge is 0.487 e. The van der Waals surface area contributed by atoms with Crippen molar-refractivity contribution in [2.45, 2.75) is 80.8 Å². The van der Waals surface area contributed by atoms with Gasteiger partial charge in [0.05, 0.1) is 17.7 Å². The second-order valence-electron chi connectivity index (χ2n) is 13.1. The van der Waals surface area contributed by atoms with E-state index in [-0.39, 0.29) is 6.61 Å². The second kappa shape index (κ2) is 12.4. The summed E-state index contributed by atoms with van der Waals surface area (Å²) in [4.78, 5) is 12.1. The monoisotopic (exact) mass is 655 g/mol. The smallest absolute Gasteiger partial charge is 0.262 e. The first-order valence-electron chi connectivity index (χ1n) is 15.7. The summed E-state index contributed by atoms with van der Waals surface area (Å²) in [6.07, 6.45) is 1.73. The molecule has 2 aromatic carbocycles. The molecule has 1 spiro atoms. The lowest BCUT2D eigenvalue weighted by Crippen LogP contribution is -2.76. The lowest BCUT2D eigenvalue weighted by atomic mass is 9.47. The topological polar surface area (TPSA) is 160 Å². The molecule has 2 heterocycles. The minimum Gasteiger partial charge on any atom is -0.487 e. The van der Waals surface area contributed by atoms with E-state index in [0.29, 0.717) is 51.3 Å². The maximum absolute atomic E-state index is 10.3.